The molecule has 1 amide bonds. The van der Waals surface area contributed by atoms with E-state index in [1.807, 2.05) is 0 Å². The first kappa shape index (κ1) is 14.3. The zero-order chi connectivity index (χ0) is 15.0. The van der Waals surface area contributed by atoms with Crippen LogP contribution < -0.4 is 5.32 Å². The smallest absolute Gasteiger partial charge is 0.330 e. The molecule has 2 aromatic rings. The molecule has 7 heteroatoms. The summed E-state index contributed by atoms with van der Waals surface area (Å²) in [4.78, 5) is 24.1. The van der Waals surface area contributed by atoms with Crippen molar-refractivity contribution in [3.05, 3.63) is 35.0 Å². The van der Waals surface area contributed by atoms with E-state index < -0.39 is 17.4 Å². The van der Waals surface area contributed by atoms with Crippen LogP contribution in [0.2, 0.25) is 0 Å². The van der Waals surface area contributed by atoms with Gasteiger partial charge in [-0.15, -0.1) is 11.3 Å². The van der Waals surface area contributed by atoms with Gasteiger partial charge in [-0.3, -0.25) is 4.79 Å². The van der Waals surface area contributed by atoms with Crippen molar-refractivity contribution in [2.75, 3.05) is 11.5 Å². The number of carboxylic acid groups (broad SMARTS) is 1. The Balaban J connectivity index is 1.88. The van der Waals surface area contributed by atoms with Gasteiger partial charge in [-0.25, -0.2) is 9.18 Å². The Bertz CT molecular complexity index is 722. The van der Waals surface area contributed by atoms with E-state index in [0.29, 0.717) is 28.2 Å². The number of hydrogen-bond donors (Lipinski definition) is 2. The summed E-state index contributed by atoms with van der Waals surface area (Å²) in [6.07, 6.45) is 0.415. The van der Waals surface area contributed by atoms with Crippen molar-refractivity contribution < 1.29 is 19.1 Å². The molecule has 2 N–H and O–H groups in total. The van der Waals surface area contributed by atoms with Crippen molar-refractivity contribution in [3.63, 3.8) is 0 Å². The Morgan fingerprint density at radius 1 is 1.33 bits per heavy atom. The number of rotatable bonds is 3. The zero-order valence-corrected chi connectivity index (χ0v) is 12.5. The lowest BCUT2D eigenvalue weighted by Gasteiger charge is -2.24. The van der Waals surface area contributed by atoms with Crippen molar-refractivity contribution in [2.45, 2.75) is 12.0 Å². The topological polar surface area (TPSA) is 66.4 Å². The highest BCUT2D eigenvalue weighted by Crippen LogP contribution is 2.30. The minimum Gasteiger partial charge on any atom is -0.479 e. The third kappa shape index (κ3) is 2.63. The highest BCUT2D eigenvalue weighted by molar-refractivity contribution is 7.99. The average molecular weight is 325 g/mol. The monoisotopic (exact) mass is 325 g/mol. The van der Waals surface area contributed by atoms with Crippen molar-refractivity contribution in [2.24, 2.45) is 0 Å². The van der Waals surface area contributed by atoms with Crippen LogP contribution in [-0.4, -0.2) is 34.0 Å². The number of hydrogen-bond acceptors (Lipinski definition) is 4. The summed E-state index contributed by atoms with van der Waals surface area (Å²) in [5.74, 6) is -0.700. The number of thiophene rings is 1. The van der Waals surface area contributed by atoms with Crippen molar-refractivity contribution in [1.82, 2.24) is 5.32 Å². The Morgan fingerprint density at radius 3 is 2.81 bits per heavy atom. The second kappa shape index (κ2) is 5.31. The first-order valence-electron chi connectivity index (χ1n) is 6.33. The first-order valence-corrected chi connectivity index (χ1v) is 8.30. The van der Waals surface area contributed by atoms with Gasteiger partial charge in [-0.1, -0.05) is 0 Å². The number of nitrogens with one attached hydrogen (secondary N) is 1. The van der Waals surface area contributed by atoms with Gasteiger partial charge in [0.1, 0.15) is 11.4 Å². The average Bonchev–Trinajstić information content (AvgIpc) is 3.05. The van der Waals surface area contributed by atoms with Gasteiger partial charge in [0.25, 0.3) is 5.91 Å². The molecule has 1 aromatic carbocycles. The van der Waals surface area contributed by atoms with E-state index in [4.69, 9.17) is 0 Å². The second-order valence-electron chi connectivity index (χ2n) is 4.94. The molecule has 1 fully saturated rings. The molecule has 1 aliphatic heterocycles. The largest absolute Gasteiger partial charge is 0.479 e. The van der Waals surface area contributed by atoms with Gasteiger partial charge in [-0.05, 0) is 41.8 Å². The molecule has 110 valence electrons. The first-order chi connectivity index (χ1) is 10.00. The Kier molecular flexibility index (Phi) is 3.62. The maximum Gasteiger partial charge on any atom is 0.330 e. The fourth-order valence-corrected chi connectivity index (χ4v) is 4.55. The number of fused-ring (bicyclic) bond motifs is 1. The molecule has 4 nitrogen and oxygen atoms in total. The van der Waals surface area contributed by atoms with Gasteiger partial charge in [0.05, 0.1) is 4.88 Å². The fourth-order valence-electron chi connectivity index (χ4n) is 2.29. The van der Waals surface area contributed by atoms with E-state index in [1.165, 1.54) is 35.2 Å². The Morgan fingerprint density at radius 2 is 2.14 bits per heavy atom. The number of carboxylic acids is 1. The van der Waals surface area contributed by atoms with E-state index >= 15 is 0 Å². The van der Waals surface area contributed by atoms with Gasteiger partial charge in [0, 0.05) is 10.5 Å². The van der Waals surface area contributed by atoms with Gasteiger partial charge in [0.15, 0.2) is 0 Å². The molecule has 1 unspecified atom stereocenters. The molecule has 1 aromatic heterocycles. The minimum atomic E-state index is -1.19. The highest BCUT2D eigenvalue weighted by Gasteiger charge is 2.43. The van der Waals surface area contributed by atoms with Gasteiger partial charge in [-0.2, -0.15) is 11.8 Å². The summed E-state index contributed by atoms with van der Waals surface area (Å²) >= 11 is 2.74. The molecule has 1 aliphatic rings. The lowest BCUT2D eigenvalue weighted by Crippen LogP contribution is -2.54. The van der Waals surface area contributed by atoms with Crippen molar-refractivity contribution in [1.29, 1.82) is 0 Å². The molecule has 0 aliphatic carbocycles. The maximum absolute atomic E-state index is 13.2. The number of carbonyl (C=O) groups excluding carboxylic acids is 1. The summed E-state index contributed by atoms with van der Waals surface area (Å²) in [6.45, 7) is 0. The van der Waals surface area contributed by atoms with Crippen LogP contribution in [0.1, 0.15) is 16.1 Å². The SMILES string of the molecule is O=C(NC1(C(=O)O)CCSC1)c1cc2cc(F)ccc2s1. The van der Waals surface area contributed by atoms with Crippen LogP contribution in [0, 0.1) is 5.82 Å². The fraction of sp³-hybridized carbons (Fsp3) is 0.286. The minimum absolute atomic E-state index is 0.360. The van der Waals surface area contributed by atoms with Crippen LogP contribution in [-0.2, 0) is 4.79 Å². The second-order valence-corrected chi connectivity index (χ2v) is 7.13. The molecular weight excluding hydrogens is 313 g/mol. The summed E-state index contributed by atoms with van der Waals surface area (Å²) in [6, 6.07) is 5.91. The standard InChI is InChI=1S/C14H12FNO3S2/c15-9-1-2-10-8(5-9)6-11(21-10)12(17)16-14(13(18)19)3-4-20-7-14/h1-2,5-6H,3-4,7H2,(H,16,17)(H,18,19). The van der Waals surface area contributed by atoms with Crippen molar-refractivity contribution in [3.8, 4) is 0 Å². The molecule has 3 rings (SSSR count). The molecule has 0 radical (unpaired) electrons. The lowest BCUT2D eigenvalue weighted by atomic mass is 9.99. The summed E-state index contributed by atoms with van der Waals surface area (Å²) in [5, 5.41) is 12.7. The van der Waals surface area contributed by atoms with Gasteiger partial charge >= 0.3 is 5.97 Å². The lowest BCUT2D eigenvalue weighted by molar-refractivity contribution is -0.143. The molecule has 0 saturated carbocycles. The molecular formula is C14H12FNO3S2. The summed E-state index contributed by atoms with van der Waals surface area (Å²) < 4.78 is 14.0. The molecule has 21 heavy (non-hydrogen) atoms. The van der Waals surface area contributed by atoms with E-state index in [0.717, 1.165) is 4.70 Å². The predicted molar refractivity (Wildman–Crippen MR) is 81.6 cm³/mol. The normalized spacial score (nSPS) is 21.6. The number of halogens is 1. The molecule has 1 saturated heterocycles. The number of aliphatic carboxylic acids is 1. The van der Waals surface area contributed by atoms with E-state index in [1.54, 1.807) is 12.1 Å². The molecule has 0 bridgehead atoms. The van der Waals surface area contributed by atoms with E-state index in [9.17, 15) is 19.1 Å². The predicted octanol–water partition coefficient (Wildman–Crippen LogP) is 2.73. The quantitative estimate of drug-likeness (QED) is 0.910. The Hall–Kier alpha value is -1.60. The molecule has 0 spiro atoms. The van der Waals surface area contributed by atoms with Crippen LogP contribution in [0.15, 0.2) is 24.3 Å². The zero-order valence-electron chi connectivity index (χ0n) is 10.9. The van der Waals surface area contributed by atoms with Crippen LogP contribution in [0.3, 0.4) is 0 Å². The van der Waals surface area contributed by atoms with Crippen LogP contribution >= 0.6 is 23.1 Å². The van der Waals surface area contributed by atoms with Crippen LogP contribution in [0.4, 0.5) is 4.39 Å². The van der Waals surface area contributed by atoms with E-state index in [2.05, 4.69) is 5.32 Å². The maximum atomic E-state index is 13.2. The van der Waals surface area contributed by atoms with Gasteiger partial charge in [0.2, 0.25) is 0 Å². The molecule has 1 atom stereocenters. The van der Waals surface area contributed by atoms with Crippen LogP contribution in [0.25, 0.3) is 10.1 Å². The number of benzene rings is 1. The van der Waals surface area contributed by atoms with E-state index in [-0.39, 0.29) is 5.82 Å². The van der Waals surface area contributed by atoms with Crippen molar-refractivity contribution >= 4 is 45.1 Å². The number of carbonyl (C=O) groups is 2. The number of amides is 1. The third-order valence-electron chi connectivity index (χ3n) is 3.49. The van der Waals surface area contributed by atoms with Crippen LogP contribution in [0.5, 0.6) is 0 Å². The highest BCUT2D eigenvalue weighted by atomic mass is 32.2. The summed E-state index contributed by atoms with van der Waals surface area (Å²) in [5.41, 5.74) is -1.19. The Labute approximate surface area is 128 Å². The molecule has 2 heterocycles. The van der Waals surface area contributed by atoms with Gasteiger partial charge < -0.3 is 10.4 Å². The third-order valence-corrected chi connectivity index (χ3v) is 5.79. The number of thioether (sulfide) groups is 1. The summed E-state index contributed by atoms with van der Waals surface area (Å²) in [7, 11) is 0.